The van der Waals surface area contributed by atoms with Gasteiger partial charge in [0.1, 0.15) is 17.4 Å². The smallest absolute Gasteiger partial charge is 0.319 e. The van der Waals surface area contributed by atoms with E-state index in [0.717, 1.165) is 17.4 Å². The van der Waals surface area contributed by atoms with Crippen molar-refractivity contribution in [2.75, 3.05) is 11.9 Å². The molecule has 0 spiro atoms. The first kappa shape index (κ1) is 16.7. The van der Waals surface area contributed by atoms with Gasteiger partial charge in [0.2, 0.25) is 0 Å². The molecule has 6 heteroatoms. The lowest BCUT2D eigenvalue weighted by Crippen LogP contribution is -2.31. The Kier molecular flexibility index (Phi) is 5.51. The number of carbonyl (C=O) groups is 1. The molecule has 0 bridgehead atoms. The fourth-order valence-corrected chi connectivity index (χ4v) is 2.05. The lowest BCUT2D eigenvalue weighted by atomic mass is 10.1. The zero-order valence-corrected chi connectivity index (χ0v) is 12.9. The predicted molar refractivity (Wildman–Crippen MR) is 84.5 cm³/mol. The minimum Gasteiger partial charge on any atom is -0.494 e. The lowest BCUT2D eigenvalue weighted by Gasteiger charge is -2.16. The van der Waals surface area contributed by atoms with Gasteiger partial charge in [0.05, 0.1) is 18.3 Å². The summed E-state index contributed by atoms with van der Waals surface area (Å²) in [6.45, 7) is 4.28. The summed E-state index contributed by atoms with van der Waals surface area (Å²) in [6.07, 6.45) is 0. The van der Waals surface area contributed by atoms with Gasteiger partial charge in [-0.2, -0.15) is 0 Å². The van der Waals surface area contributed by atoms with Crippen LogP contribution >= 0.6 is 0 Å². The number of hydrogen-bond acceptors (Lipinski definition) is 2. The number of nitrogens with one attached hydrogen (secondary N) is 2. The fraction of sp³-hybridized carbons (Fsp3) is 0.235. The molecule has 0 fully saturated rings. The molecule has 0 aliphatic carbocycles. The third-order valence-corrected chi connectivity index (χ3v) is 3.22. The van der Waals surface area contributed by atoms with Crippen molar-refractivity contribution in [1.29, 1.82) is 0 Å². The van der Waals surface area contributed by atoms with Crippen LogP contribution in [0.15, 0.2) is 42.5 Å². The quantitative estimate of drug-likeness (QED) is 0.865. The molecule has 2 amide bonds. The summed E-state index contributed by atoms with van der Waals surface area (Å²) in [5.41, 5.74) is 0.797. The Morgan fingerprint density at radius 2 is 1.87 bits per heavy atom. The minimum absolute atomic E-state index is 0.0807. The molecule has 2 N–H and O–H groups in total. The number of anilines is 1. The second-order valence-corrected chi connectivity index (χ2v) is 4.95. The summed E-state index contributed by atoms with van der Waals surface area (Å²) in [5, 5.41) is 5.04. The van der Waals surface area contributed by atoms with Crippen molar-refractivity contribution in [1.82, 2.24) is 5.32 Å². The van der Waals surface area contributed by atoms with E-state index >= 15 is 0 Å². The number of halogens is 2. The van der Waals surface area contributed by atoms with Crippen molar-refractivity contribution < 1.29 is 18.3 Å². The molecule has 4 nitrogen and oxygen atoms in total. The second-order valence-electron chi connectivity index (χ2n) is 4.95. The molecule has 0 heterocycles. The van der Waals surface area contributed by atoms with E-state index in [2.05, 4.69) is 10.6 Å². The van der Waals surface area contributed by atoms with Crippen molar-refractivity contribution in [3.8, 4) is 5.75 Å². The van der Waals surface area contributed by atoms with E-state index in [-0.39, 0.29) is 11.7 Å². The van der Waals surface area contributed by atoms with E-state index in [1.54, 1.807) is 6.92 Å². The van der Waals surface area contributed by atoms with Gasteiger partial charge in [0.25, 0.3) is 0 Å². The Morgan fingerprint density at radius 1 is 1.17 bits per heavy atom. The molecule has 1 atom stereocenters. The SMILES string of the molecule is CCOc1ccc([C@H](C)NC(=O)Nc2ccc(F)cc2F)cc1. The molecular formula is C17H18F2N2O2. The molecule has 0 unspecified atom stereocenters. The van der Waals surface area contributed by atoms with Crippen molar-refractivity contribution in [3.05, 3.63) is 59.7 Å². The normalized spacial score (nSPS) is 11.7. The molecule has 0 aliphatic rings. The summed E-state index contributed by atoms with van der Waals surface area (Å²) in [4.78, 5) is 11.9. The van der Waals surface area contributed by atoms with Gasteiger partial charge in [-0.25, -0.2) is 13.6 Å². The average Bonchev–Trinajstić information content (AvgIpc) is 2.51. The molecule has 122 valence electrons. The third kappa shape index (κ3) is 4.67. The number of ether oxygens (including phenoxy) is 1. The van der Waals surface area contributed by atoms with Gasteiger partial charge in [-0.1, -0.05) is 12.1 Å². The van der Waals surface area contributed by atoms with Crippen LogP contribution in [-0.4, -0.2) is 12.6 Å². The predicted octanol–water partition coefficient (Wildman–Crippen LogP) is 4.25. The zero-order valence-electron chi connectivity index (χ0n) is 12.9. The number of hydrogen-bond donors (Lipinski definition) is 2. The van der Waals surface area contributed by atoms with E-state index < -0.39 is 17.7 Å². The maximum Gasteiger partial charge on any atom is 0.319 e. The summed E-state index contributed by atoms with van der Waals surface area (Å²) in [5.74, 6) is -0.772. The number of carbonyl (C=O) groups excluding carboxylic acids is 1. The summed E-state index contributed by atoms with van der Waals surface area (Å²) in [7, 11) is 0. The molecule has 23 heavy (non-hydrogen) atoms. The van der Waals surface area contributed by atoms with Gasteiger partial charge in [0, 0.05) is 6.07 Å². The monoisotopic (exact) mass is 320 g/mol. The second kappa shape index (κ2) is 7.58. The van der Waals surface area contributed by atoms with Crippen LogP contribution < -0.4 is 15.4 Å². The first-order valence-electron chi connectivity index (χ1n) is 7.25. The van der Waals surface area contributed by atoms with Gasteiger partial charge < -0.3 is 15.4 Å². The zero-order chi connectivity index (χ0) is 16.8. The standard InChI is InChI=1S/C17H18F2N2O2/c1-3-23-14-7-4-12(5-8-14)11(2)20-17(22)21-16-9-6-13(18)10-15(16)19/h4-11H,3H2,1-2H3,(H2,20,21,22)/t11-/m0/s1. The van der Waals surface area contributed by atoms with Crippen molar-refractivity contribution >= 4 is 11.7 Å². The molecular weight excluding hydrogens is 302 g/mol. The minimum atomic E-state index is -0.825. The first-order valence-corrected chi connectivity index (χ1v) is 7.25. The fourth-order valence-electron chi connectivity index (χ4n) is 2.05. The number of urea groups is 1. The Bertz CT molecular complexity index is 675. The van der Waals surface area contributed by atoms with Crippen molar-refractivity contribution in [2.45, 2.75) is 19.9 Å². The first-order chi connectivity index (χ1) is 11.0. The molecule has 0 aliphatic heterocycles. The van der Waals surface area contributed by atoms with Crippen LogP contribution in [0.3, 0.4) is 0 Å². The van der Waals surface area contributed by atoms with E-state index in [1.165, 1.54) is 6.07 Å². The van der Waals surface area contributed by atoms with E-state index in [0.29, 0.717) is 12.7 Å². The lowest BCUT2D eigenvalue weighted by molar-refractivity contribution is 0.249. The van der Waals surface area contributed by atoms with E-state index in [9.17, 15) is 13.6 Å². The average molecular weight is 320 g/mol. The maximum atomic E-state index is 13.5. The Hall–Kier alpha value is -2.63. The molecule has 0 saturated heterocycles. The van der Waals surface area contributed by atoms with Crippen LogP contribution in [0.1, 0.15) is 25.5 Å². The summed E-state index contributed by atoms with van der Waals surface area (Å²) < 4.78 is 31.7. The van der Waals surface area contributed by atoms with Crippen LogP contribution in [-0.2, 0) is 0 Å². The third-order valence-electron chi connectivity index (χ3n) is 3.22. The Labute approximate surface area is 133 Å². The topological polar surface area (TPSA) is 50.4 Å². The van der Waals surface area contributed by atoms with Crippen LogP contribution in [0.4, 0.5) is 19.3 Å². The van der Waals surface area contributed by atoms with Crippen LogP contribution in [0.25, 0.3) is 0 Å². The van der Waals surface area contributed by atoms with Crippen LogP contribution in [0, 0.1) is 11.6 Å². The molecule has 2 rings (SSSR count). The van der Waals surface area contributed by atoms with Crippen LogP contribution in [0.2, 0.25) is 0 Å². The number of benzene rings is 2. The van der Waals surface area contributed by atoms with Crippen molar-refractivity contribution in [3.63, 3.8) is 0 Å². The maximum absolute atomic E-state index is 13.5. The van der Waals surface area contributed by atoms with Gasteiger partial charge >= 0.3 is 6.03 Å². The summed E-state index contributed by atoms with van der Waals surface area (Å²) >= 11 is 0. The van der Waals surface area contributed by atoms with Gasteiger partial charge in [-0.05, 0) is 43.7 Å². The van der Waals surface area contributed by atoms with E-state index in [1.807, 2.05) is 31.2 Å². The molecule has 0 saturated carbocycles. The molecule has 2 aromatic carbocycles. The van der Waals surface area contributed by atoms with E-state index in [4.69, 9.17) is 4.74 Å². The number of amides is 2. The molecule has 0 aromatic heterocycles. The highest BCUT2D eigenvalue weighted by Gasteiger charge is 2.12. The van der Waals surface area contributed by atoms with Crippen LogP contribution in [0.5, 0.6) is 5.75 Å². The summed E-state index contributed by atoms with van der Waals surface area (Å²) in [6, 6.07) is 9.42. The number of rotatable bonds is 5. The van der Waals surface area contributed by atoms with Gasteiger partial charge in [-0.3, -0.25) is 0 Å². The Balaban J connectivity index is 1.96. The molecule has 2 aromatic rings. The highest BCUT2D eigenvalue weighted by Crippen LogP contribution is 2.18. The largest absolute Gasteiger partial charge is 0.494 e. The van der Waals surface area contributed by atoms with Gasteiger partial charge in [-0.15, -0.1) is 0 Å². The van der Waals surface area contributed by atoms with Gasteiger partial charge in [0.15, 0.2) is 0 Å². The van der Waals surface area contributed by atoms with Crippen molar-refractivity contribution in [2.24, 2.45) is 0 Å². The highest BCUT2D eigenvalue weighted by molar-refractivity contribution is 5.89. The molecule has 0 radical (unpaired) electrons. The Morgan fingerprint density at radius 3 is 2.48 bits per heavy atom. The highest BCUT2D eigenvalue weighted by atomic mass is 19.1.